The number of aromatic hydroxyl groups is 1. The fourth-order valence-electron chi connectivity index (χ4n) is 4.54. The number of nitrogens with zero attached hydrogens (tertiary/aromatic N) is 1. The molecular formula is C25H29NO5. The van der Waals surface area contributed by atoms with Gasteiger partial charge in [-0.1, -0.05) is 12.5 Å². The van der Waals surface area contributed by atoms with Crippen molar-refractivity contribution in [1.29, 1.82) is 0 Å². The van der Waals surface area contributed by atoms with E-state index in [1.54, 1.807) is 32.4 Å². The molecule has 1 N–H and O–H groups in total. The summed E-state index contributed by atoms with van der Waals surface area (Å²) in [5.74, 6) is 1.30. The molecule has 1 atom stereocenters. The van der Waals surface area contributed by atoms with Crippen LogP contribution in [0.2, 0.25) is 0 Å². The Hall–Kier alpha value is -2.99. The van der Waals surface area contributed by atoms with Crippen molar-refractivity contribution >= 4 is 11.0 Å². The fraction of sp³-hybridized carbons (Fsp3) is 0.400. The molecule has 1 aliphatic rings. The summed E-state index contributed by atoms with van der Waals surface area (Å²) in [5.41, 5.74) is 2.69. The van der Waals surface area contributed by atoms with Crippen LogP contribution in [0.1, 0.15) is 37.3 Å². The van der Waals surface area contributed by atoms with Gasteiger partial charge in [0.05, 0.1) is 25.3 Å². The zero-order valence-corrected chi connectivity index (χ0v) is 18.5. The Morgan fingerprint density at radius 1 is 1.13 bits per heavy atom. The van der Waals surface area contributed by atoms with E-state index in [-0.39, 0.29) is 5.75 Å². The summed E-state index contributed by atoms with van der Waals surface area (Å²) in [5, 5.41) is 11.4. The van der Waals surface area contributed by atoms with E-state index in [9.17, 15) is 9.90 Å². The molecule has 1 saturated heterocycles. The summed E-state index contributed by atoms with van der Waals surface area (Å²) in [4.78, 5) is 15.4. The molecule has 0 spiro atoms. The van der Waals surface area contributed by atoms with E-state index >= 15 is 0 Å². The van der Waals surface area contributed by atoms with Crippen LogP contribution in [0.15, 0.2) is 39.5 Å². The SMILES string of the molecule is COc1ccc(-c2c(C)c3ccc(O)c(CN4CCCC[C@@H]4C)c3oc2=O)cc1OC. The van der Waals surface area contributed by atoms with Crippen LogP contribution in [0.25, 0.3) is 22.1 Å². The van der Waals surface area contributed by atoms with Crippen LogP contribution in [0.4, 0.5) is 0 Å². The number of rotatable bonds is 5. The van der Waals surface area contributed by atoms with Crippen molar-refractivity contribution in [3.8, 4) is 28.4 Å². The molecule has 2 aromatic carbocycles. The van der Waals surface area contributed by atoms with Crippen LogP contribution in [-0.4, -0.2) is 36.8 Å². The van der Waals surface area contributed by atoms with Crippen molar-refractivity contribution in [2.75, 3.05) is 20.8 Å². The number of likely N-dealkylation sites (tertiary alicyclic amines) is 1. The first-order chi connectivity index (χ1) is 14.9. The Balaban J connectivity index is 1.85. The Morgan fingerprint density at radius 2 is 1.90 bits per heavy atom. The Bertz CT molecular complexity index is 1170. The summed E-state index contributed by atoms with van der Waals surface area (Å²) in [6.07, 6.45) is 3.50. The molecule has 6 nitrogen and oxygen atoms in total. The lowest BCUT2D eigenvalue weighted by Crippen LogP contribution is -2.36. The highest BCUT2D eigenvalue weighted by Gasteiger charge is 2.23. The third kappa shape index (κ3) is 3.88. The van der Waals surface area contributed by atoms with Gasteiger partial charge >= 0.3 is 5.63 Å². The summed E-state index contributed by atoms with van der Waals surface area (Å²) >= 11 is 0. The lowest BCUT2D eigenvalue weighted by Gasteiger charge is -2.33. The summed E-state index contributed by atoms with van der Waals surface area (Å²) in [7, 11) is 3.14. The smallest absolute Gasteiger partial charge is 0.344 e. The molecule has 0 aliphatic carbocycles. The van der Waals surface area contributed by atoms with Crippen LogP contribution >= 0.6 is 0 Å². The molecule has 1 aliphatic heterocycles. The quantitative estimate of drug-likeness (QED) is 0.591. The van der Waals surface area contributed by atoms with Gasteiger partial charge in [-0.25, -0.2) is 4.79 Å². The third-order valence-corrected chi connectivity index (χ3v) is 6.39. The first-order valence-electron chi connectivity index (χ1n) is 10.7. The number of fused-ring (bicyclic) bond motifs is 1. The second kappa shape index (κ2) is 8.63. The Labute approximate surface area is 182 Å². The number of aryl methyl sites for hydroxylation is 1. The van der Waals surface area contributed by atoms with Crippen LogP contribution < -0.4 is 15.1 Å². The molecular weight excluding hydrogens is 394 g/mol. The van der Waals surface area contributed by atoms with Gasteiger partial charge in [0.25, 0.3) is 0 Å². The molecule has 1 aromatic heterocycles. The second-order valence-electron chi connectivity index (χ2n) is 8.21. The van der Waals surface area contributed by atoms with Crippen LogP contribution in [-0.2, 0) is 6.54 Å². The molecule has 1 fully saturated rings. The summed E-state index contributed by atoms with van der Waals surface area (Å²) in [6, 6.07) is 9.32. The molecule has 0 amide bonds. The van der Waals surface area contributed by atoms with E-state index < -0.39 is 5.63 Å². The minimum absolute atomic E-state index is 0.159. The van der Waals surface area contributed by atoms with Crippen molar-refractivity contribution < 1.29 is 19.0 Å². The zero-order valence-electron chi connectivity index (χ0n) is 18.5. The zero-order chi connectivity index (χ0) is 22.1. The number of phenolic OH excluding ortho intramolecular Hbond substituents is 1. The predicted molar refractivity (Wildman–Crippen MR) is 121 cm³/mol. The number of methoxy groups -OCH3 is 2. The van der Waals surface area contributed by atoms with Gasteiger partial charge in [-0.2, -0.15) is 0 Å². The number of phenols is 1. The van der Waals surface area contributed by atoms with Crippen LogP contribution in [0.5, 0.6) is 17.2 Å². The van der Waals surface area contributed by atoms with Gasteiger partial charge in [0.1, 0.15) is 11.3 Å². The van der Waals surface area contributed by atoms with Crippen molar-refractivity contribution in [3.05, 3.63) is 51.9 Å². The Kier molecular flexibility index (Phi) is 5.92. The van der Waals surface area contributed by atoms with Crippen LogP contribution in [0, 0.1) is 6.92 Å². The maximum atomic E-state index is 13.1. The molecule has 4 rings (SSSR count). The normalized spacial score (nSPS) is 17.1. The minimum Gasteiger partial charge on any atom is -0.507 e. The molecule has 0 unspecified atom stereocenters. The summed E-state index contributed by atoms with van der Waals surface area (Å²) in [6.45, 7) is 5.65. The second-order valence-corrected chi connectivity index (χ2v) is 8.21. The average molecular weight is 424 g/mol. The maximum Gasteiger partial charge on any atom is 0.344 e. The number of benzene rings is 2. The van der Waals surface area contributed by atoms with E-state index in [0.717, 1.165) is 30.3 Å². The van der Waals surface area contributed by atoms with Gasteiger partial charge in [-0.15, -0.1) is 0 Å². The fourth-order valence-corrected chi connectivity index (χ4v) is 4.54. The van der Waals surface area contributed by atoms with Gasteiger partial charge in [-0.05, 0) is 68.6 Å². The first-order valence-corrected chi connectivity index (χ1v) is 10.7. The van der Waals surface area contributed by atoms with Crippen molar-refractivity contribution in [2.45, 2.75) is 45.7 Å². The standard InChI is InChI=1S/C25H29NO5/c1-15-7-5-6-12-26(15)14-19-20(27)10-9-18-16(2)23(25(28)31-24(18)19)17-8-11-21(29-3)22(13-17)30-4/h8-11,13,15,27H,5-7,12,14H2,1-4H3/t15-/m0/s1. The van der Waals surface area contributed by atoms with Crippen molar-refractivity contribution in [1.82, 2.24) is 4.90 Å². The molecule has 0 bridgehead atoms. The van der Waals surface area contributed by atoms with Crippen molar-refractivity contribution in [2.24, 2.45) is 0 Å². The lowest BCUT2D eigenvalue weighted by atomic mass is 9.96. The monoisotopic (exact) mass is 423 g/mol. The highest BCUT2D eigenvalue weighted by molar-refractivity contribution is 5.90. The molecule has 164 valence electrons. The van der Waals surface area contributed by atoms with Gasteiger partial charge in [0.2, 0.25) is 0 Å². The molecule has 2 heterocycles. The lowest BCUT2D eigenvalue weighted by molar-refractivity contribution is 0.151. The van der Waals surface area contributed by atoms with Gasteiger partial charge in [0.15, 0.2) is 11.5 Å². The molecule has 0 radical (unpaired) electrons. The number of hydrogen-bond acceptors (Lipinski definition) is 6. The molecule has 0 saturated carbocycles. The number of ether oxygens (including phenoxy) is 2. The number of hydrogen-bond donors (Lipinski definition) is 1. The number of piperidine rings is 1. The topological polar surface area (TPSA) is 72.1 Å². The van der Waals surface area contributed by atoms with Gasteiger partial charge < -0.3 is 19.0 Å². The highest BCUT2D eigenvalue weighted by Crippen LogP contribution is 2.36. The average Bonchev–Trinajstić information content (AvgIpc) is 2.77. The van der Waals surface area contributed by atoms with Gasteiger partial charge in [-0.3, -0.25) is 4.90 Å². The molecule has 31 heavy (non-hydrogen) atoms. The first kappa shape index (κ1) is 21.2. The minimum atomic E-state index is -0.434. The third-order valence-electron chi connectivity index (χ3n) is 6.39. The van der Waals surface area contributed by atoms with E-state index in [1.165, 1.54) is 6.42 Å². The maximum absolute atomic E-state index is 13.1. The van der Waals surface area contributed by atoms with Crippen LogP contribution in [0.3, 0.4) is 0 Å². The van der Waals surface area contributed by atoms with E-state index in [4.69, 9.17) is 13.9 Å². The molecule has 3 aromatic rings. The van der Waals surface area contributed by atoms with E-state index in [2.05, 4.69) is 11.8 Å². The highest BCUT2D eigenvalue weighted by atomic mass is 16.5. The summed E-state index contributed by atoms with van der Waals surface area (Å²) < 4.78 is 16.5. The molecule has 6 heteroatoms. The van der Waals surface area contributed by atoms with E-state index in [1.807, 2.05) is 19.1 Å². The van der Waals surface area contributed by atoms with Gasteiger partial charge in [0, 0.05) is 18.0 Å². The predicted octanol–water partition coefficient (Wildman–Crippen LogP) is 4.87. The Morgan fingerprint density at radius 3 is 2.61 bits per heavy atom. The van der Waals surface area contributed by atoms with E-state index in [0.29, 0.717) is 46.4 Å². The largest absolute Gasteiger partial charge is 0.507 e. The van der Waals surface area contributed by atoms with Crippen molar-refractivity contribution in [3.63, 3.8) is 0 Å².